The monoisotopic (exact) mass is 360 g/mol. The van der Waals surface area contributed by atoms with Gasteiger partial charge in [-0.3, -0.25) is 9.59 Å². The minimum absolute atomic E-state index is 0.0134. The molecule has 1 saturated heterocycles. The van der Waals surface area contributed by atoms with Gasteiger partial charge in [-0.05, 0) is 56.6 Å². The Balaban J connectivity index is 1.40. The van der Waals surface area contributed by atoms with Crippen LogP contribution >= 0.6 is 11.3 Å². The molecule has 2 amide bonds. The van der Waals surface area contributed by atoms with E-state index < -0.39 is 0 Å². The van der Waals surface area contributed by atoms with Crippen LogP contribution in [0.15, 0.2) is 6.07 Å². The first-order valence-electron chi connectivity index (χ1n) is 9.87. The first kappa shape index (κ1) is 17.1. The normalized spacial score (nSPS) is 22.0. The second-order valence-electron chi connectivity index (χ2n) is 7.94. The fraction of sp³-hybridized carbons (Fsp3) is 0.700. The van der Waals surface area contributed by atoms with Crippen LogP contribution in [0.5, 0.6) is 0 Å². The second kappa shape index (κ2) is 7.10. The summed E-state index contributed by atoms with van der Waals surface area (Å²) < 4.78 is 0. The first-order chi connectivity index (χ1) is 12.2. The Bertz CT molecular complexity index is 633. The molecule has 5 heteroatoms. The maximum atomic E-state index is 12.7. The molecule has 0 spiro atoms. The van der Waals surface area contributed by atoms with Gasteiger partial charge in [0.1, 0.15) is 0 Å². The standard InChI is InChI=1S/C20H28N2O2S/c23-18(17-13-15-7-3-1-2-4-8-16(15)25-17)21-14-20(9-5-10-20)19(24)22-11-6-12-22/h13H,1-12,14H2,(H,21,23). The molecular formula is C20H28N2O2S. The van der Waals surface area contributed by atoms with E-state index >= 15 is 0 Å². The van der Waals surface area contributed by atoms with Crippen molar-refractivity contribution in [3.63, 3.8) is 0 Å². The molecule has 25 heavy (non-hydrogen) atoms. The number of hydrogen-bond acceptors (Lipinski definition) is 3. The highest BCUT2D eigenvalue weighted by atomic mass is 32.1. The van der Waals surface area contributed by atoms with Crippen molar-refractivity contribution >= 4 is 23.2 Å². The third kappa shape index (κ3) is 3.35. The lowest BCUT2D eigenvalue weighted by atomic mass is 9.67. The van der Waals surface area contributed by atoms with Crippen LogP contribution < -0.4 is 5.32 Å². The molecular weight excluding hydrogens is 332 g/mol. The smallest absolute Gasteiger partial charge is 0.261 e. The number of nitrogens with one attached hydrogen (secondary N) is 1. The minimum Gasteiger partial charge on any atom is -0.350 e. The zero-order valence-corrected chi connectivity index (χ0v) is 15.8. The molecule has 4 rings (SSSR count). The van der Waals surface area contributed by atoms with Gasteiger partial charge in [0.05, 0.1) is 10.3 Å². The molecule has 3 aliphatic rings. The molecule has 1 aromatic heterocycles. The lowest BCUT2D eigenvalue weighted by Gasteiger charge is -2.46. The lowest BCUT2D eigenvalue weighted by Crippen LogP contribution is -2.56. The molecule has 136 valence electrons. The number of carbonyl (C=O) groups excluding carboxylic acids is 2. The van der Waals surface area contributed by atoms with Gasteiger partial charge in [0.25, 0.3) is 5.91 Å². The molecule has 1 saturated carbocycles. The summed E-state index contributed by atoms with van der Waals surface area (Å²) in [6.45, 7) is 2.29. The topological polar surface area (TPSA) is 49.4 Å². The van der Waals surface area contributed by atoms with Crippen molar-refractivity contribution in [3.05, 3.63) is 21.4 Å². The van der Waals surface area contributed by atoms with E-state index in [1.807, 2.05) is 4.90 Å². The van der Waals surface area contributed by atoms with Crippen molar-refractivity contribution in [2.45, 2.75) is 64.2 Å². The van der Waals surface area contributed by atoms with Crippen molar-refractivity contribution in [2.24, 2.45) is 5.41 Å². The van der Waals surface area contributed by atoms with Gasteiger partial charge < -0.3 is 10.2 Å². The Kier molecular flexibility index (Phi) is 4.85. The molecule has 0 unspecified atom stereocenters. The van der Waals surface area contributed by atoms with Crippen LogP contribution in [0.3, 0.4) is 0 Å². The Morgan fingerprint density at radius 1 is 1.04 bits per heavy atom. The van der Waals surface area contributed by atoms with Crippen LogP contribution in [0.2, 0.25) is 0 Å². The van der Waals surface area contributed by atoms with Crippen molar-refractivity contribution in [1.82, 2.24) is 10.2 Å². The zero-order valence-electron chi connectivity index (χ0n) is 14.9. The molecule has 0 atom stereocenters. The fourth-order valence-corrected chi connectivity index (χ4v) is 5.39. The average Bonchev–Trinajstić information content (AvgIpc) is 2.86. The predicted octanol–water partition coefficient (Wildman–Crippen LogP) is 3.54. The highest BCUT2D eigenvalue weighted by Gasteiger charge is 2.47. The molecule has 2 fully saturated rings. The summed E-state index contributed by atoms with van der Waals surface area (Å²) in [7, 11) is 0. The van der Waals surface area contributed by atoms with Gasteiger partial charge in [-0.15, -0.1) is 11.3 Å². The molecule has 1 aliphatic heterocycles. The number of rotatable bonds is 4. The molecule has 2 heterocycles. The largest absolute Gasteiger partial charge is 0.350 e. The van der Waals surface area contributed by atoms with Gasteiger partial charge >= 0.3 is 0 Å². The van der Waals surface area contributed by atoms with Gasteiger partial charge in [-0.1, -0.05) is 19.3 Å². The van der Waals surface area contributed by atoms with Crippen molar-refractivity contribution in [3.8, 4) is 0 Å². The van der Waals surface area contributed by atoms with E-state index in [0.717, 1.165) is 56.5 Å². The van der Waals surface area contributed by atoms with E-state index in [4.69, 9.17) is 0 Å². The van der Waals surface area contributed by atoms with Gasteiger partial charge in [0.15, 0.2) is 0 Å². The maximum Gasteiger partial charge on any atom is 0.261 e. The van der Waals surface area contributed by atoms with Gasteiger partial charge in [0.2, 0.25) is 5.91 Å². The third-order valence-corrected chi connectivity index (χ3v) is 7.45. The molecule has 1 aromatic rings. The summed E-state index contributed by atoms with van der Waals surface area (Å²) in [5.74, 6) is 0.281. The summed E-state index contributed by atoms with van der Waals surface area (Å²) in [6.07, 6.45) is 11.4. The Morgan fingerprint density at radius 3 is 2.44 bits per heavy atom. The van der Waals surface area contributed by atoms with Crippen LogP contribution in [0.4, 0.5) is 0 Å². The van der Waals surface area contributed by atoms with Crippen molar-refractivity contribution in [1.29, 1.82) is 0 Å². The highest BCUT2D eigenvalue weighted by molar-refractivity contribution is 7.14. The number of nitrogens with zero attached hydrogens (tertiary/aromatic N) is 1. The number of amides is 2. The van der Waals surface area contributed by atoms with E-state index in [0.29, 0.717) is 6.54 Å². The summed E-state index contributed by atoms with van der Waals surface area (Å²) >= 11 is 1.67. The van der Waals surface area contributed by atoms with Crippen LogP contribution in [-0.4, -0.2) is 36.3 Å². The average molecular weight is 361 g/mol. The number of hydrogen-bond donors (Lipinski definition) is 1. The van der Waals surface area contributed by atoms with Gasteiger partial charge in [-0.25, -0.2) is 0 Å². The highest BCUT2D eigenvalue weighted by Crippen LogP contribution is 2.43. The molecule has 0 radical (unpaired) electrons. The Morgan fingerprint density at radius 2 is 1.80 bits per heavy atom. The lowest BCUT2D eigenvalue weighted by molar-refractivity contribution is -0.150. The number of likely N-dealkylation sites (tertiary alicyclic amines) is 1. The van der Waals surface area contributed by atoms with Crippen LogP contribution in [-0.2, 0) is 17.6 Å². The zero-order chi connectivity index (χ0) is 17.3. The van der Waals surface area contributed by atoms with E-state index in [2.05, 4.69) is 11.4 Å². The molecule has 1 N–H and O–H groups in total. The molecule has 2 aliphatic carbocycles. The molecule has 0 aromatic carbocycles. The number of thiophene rings is 1. The van der Waals surface area contributed by atoms with E-state index in [1.165, 1.54) is 36.1 Å². The maximum absolute atomic E-state index is 12.7. The minimum atomic E-state index is -0.318. The van der Waals surface area contributed by atoms with E-state index in [9.17, 15) is 9.59 Å². The number of fused-ring (bicyclic) bond motifs is 1. The van der Waals surface area contributed by atoms with Crippen LogP contribution in [0.1, 0.15) is 71.5 Å². The predicted molar refractivity (Wildman–Crippen MR) is 100 cm³/mol. The second-order valence-corrected chi connectivity index (χ2v) is 9.07. The van der Waals surface area contributed by atoms with Crippen molar-refractivity contribution in [2.75, 3.05) is 19.6 Å². The third-order valence-electron chi connectivity index (χ3n) is 6.22. The quantitative estimate of drug-likeness (QED) is 0.893. The Hall–Kier alpha value is -1.36. The van der Waals surface area contributed by atoms with Crippen molar-refractivity contribution < 1.29 is 9.59 Å². The van der Waals surface area contributed by atoms with E-state index in [-0.39, 0.29) is 17.2 Å². The fourth-order valence-electron chi connectivity index (χ4n) is 4.22. The summed E-state index contributed by atoms with van der Waals surface area (Å²) in [6, 6.07) is 2.10. The SMILES string of the molecule is O=C(NCC1(C(=O)N2CCC2)CCC1)c1cc2c(s1)CCCCCC2. The summed E-state index contributed by atoms with van der Waals surface area (Å²) in [5.41, 5.74) is 1.06. The van der Waals surface area contributed by atoms with Gasteiger partial charge in [0, 0.05) is 24.5 Å². The van der Waals surface area contributed by atoms with Crippen LogP contribution in [0.25, 0.3) is 0 Å². The number of aryl methyl sites for hydroxylation is 2. The molecule has 4 nitrogen and oxygen atoms in total. The van der Waals surface area contributed by atoms with Gasteiger partial charge in [-0.2, -0.15) is 0 Å². The Labute approximate surface area is 154 Å². The van der Waals surface area contributed by atoms with E-state index in [1.54, 1.807) is 11.3 Å². The summed E-state index contributed by atoms with van der Waals surface area (Å²) in [4.78, 5) is 29.6. The van der Waals surface area contributed by atoms with Crippen LogP contribution in [0, 0.1) is 5.41 Å². The first-order valence-corrected chi connectivity index (χ1v) is 10.7. The summed E-state index contributed by atoms with van der Waals surface area (Å²) in [5, 5.41) is 3.09. The number of carbonyl (C=O) groups is 2. The molecule has 0 bridgehead atoms.